The molecule has 1 rings (SSSR count). The molecule has 0 fully saturated rings. The number of hydrogen-bond acceptors (Lipinski definition) is 5. The fraction of sp³-hybridized carbons (Fsp3) is 0.632. The lowest BCUT2D eigenvalue weighted by Crippen LogP contribution is -2.14. The van der Waals surface area contributed by atoms with Crippen LogP contribution in [-0.4, -0.2) is 48.3 Å². The summed E-state index contributed by atoms with van der Waals surface area (Å²) in [6.45, 7) is 2.36. The summed E-state index contributed by atoms with van der Waals surface area (Å²) in [5, 5.41) is 17.8. The molecular weight excluding hydrogens is 339 g/mol. The Morgan fingerprint density at radius 2 is 1.72 bits per heavy atom. The zero-order chi connectivity index (χ0) is 18.5. The van der Waals surface area contributed by atoms with Gasteiger partial charge in [0.15, 0.2) is 0 Å². The molecule has 0 aliphatic heterocycles. The molecule has 2 unspecified atom stereocenters. The Kier molecular flexibility index (Phi) is 10.7. The van der Waals surface area contributed by atoms with E-state index in [4.69, 9.17) is 14.9 Å². The first-order valence-corrected chi connectivity index (χ1v) is 11.2. The average molecular weight is 370 g/mol. The highest BCUT2D eigenvalue weighted by molar-refractivity contribution is 7.64. The number of unbranched alkanes of at least 4 members (excludes halogenated alkanes) is 2. The second kappa shape index (κ2) is 12.2. The standard InChI is InChI=1S/C19H31O5P/c1-2-25(23,15-9-7-13-21)18(17-10-4-3-5-11-17)16-19(22)24-14-8-6-12-20/h3-5,10-11,18,20-21H,2,6-9,12-16H2,1H3. The van der Waals surface area contributed by atoms with Crippen LogP contribution in [0, 0.1) is 0 Å². The third-order valence-electron chi connectivity index (χ3n) is 4.41. The summed E-state index contributed by atoms with van der Waals surface area (Å²) >= 11 is 0. The van der Waals surface area contributed by atoms with Crippen LogP contribution in [0.4, 0.5) is 0 Å². The molecule has 2 atom stereocenters. The van der Waals surface area contributed by atoms with Gasteiger partial charge in [-0.2, -0.15) is 0 Å². The number of carbonyl (C=O) groups is 1. The van der Waals surface area contributed by atoms with Crippen LogP contribution < -0.4 is 0 Å². The smallest absolute Gasteiger partial charge is 0.306 e. The minimum atomic E-state index is -2.61. The topological polar surface area (TPSA) is 83.8 Å². The Morgan fingerprint density at radius 3 is 2.32 bits per heavy atom. The van der Waals surface area contributed by atoms with Crippen LogP contribution in [0.25, 0.3) is 0 Å². The number of carbonyl (C=O) groups excluding carboxylic acids is 1. The van der Waals surface area contributed by atoms with Gasteiger partial charge in [0.05, 0.1) is 20.2 Å². The molecular formula is C19H31O5P. The van der Waals surface area contributed by atoms with Gasteiger partial charge >= 0.3 is 5.97 Å². The minimum absolute atomic E-state index is 0.0834. The van der Waals surface area contributed by atoms with E-state index in [1.807, 2.05) is 37.3 Å². The van der Waals surface area contributed by atoms with E-state index in [1.54, 1.807) is 0 Å². The Hall–Kier alpha value is -1.16. The van der Waals surface area contributed by atoms with Crippen molar-refractivity contribution in [2.75, 3.05) is 32.1 Å². The maximum Gasteiger partial charge on any atom is 0.306 e. The second-order valence-corrected chi connectivity index (χ2v) is 9.81. The summed E-state index contributed by atoms with van der Waals surface area (Å²) in [7, 11) is -2.61. The Balaban J connectivity index is 2.85. The lowest BCUT2D eigenvalue weighted by atomic mass is 10.1. The largest absolute Gasteiger partial charge is 0.466 e. The van der Waals surface area contributed by atoms with Crippen molar-refractivity contribution in [2.45, 2.75) is 44.7 Å². The number of aliphatic hydroxyl groups excluding tert-OH is 2. The summed E-state index contributed by atoms with van der Waals surface area (Å²) in [4.78, 5) is 12.2. The van der Waals surface area contributed by atoms with Gasteiger partial charge in [0, 0.05) is 25.0 Å². The van der Waals surface area contributed by atoms with Gasteiger partial charge in [0.2, 0.25) is 0 Å². The van der Waals surface area contributed by atoms with E-state index < -0.39 is 7.14 Å². The van der Waals surface area contributed by atoms with E-state index in [1.165, 1.54) is 0 Å². The van der Waals surface area contributed by atoms with Crippen molar-refractivity contribution >= 4 is 13.1 Å². The van der Waals surface area contributed by atoms with Crippen LogP contribution in [0.15, 0.2) is 30.3 Å². The van der Waals surface area contributed by atoms with Gasteiger partial charge in [-0.3, -0.25) is 4.79 Å². The first-order valence-electron chi connectivity index (χ1n) is 9.07. The number of rotatable bonds is 13. The zero-order valence-electron chi connectivity index (χ0n) is 15.1. The van der Waals surface area contributed by atoms with Crippen molar-refractivity contribution in [1.29, 1.82) is 0 Å². The van der Waals surface area contributed by atoms with Crippen LogP contribution in [0.1, 0.15) is 50.3 Å². The molecule has 0 aliphatic carbocycles. The maximum atomic E-state index is 13.5. The van der Waals surface area contributed by atoms with Gasteiger partial charge in [-0.15, -0.1) is 0 Å². The van der Waals surface area contributed by atoms with Crippen molar-refractivity contribution in [2.24, 2.45) is 0 Å². The van der Waals surface area contributed by atoms with E-state index in [-0.39, 0.29) is 37.9 Å². The molecule has 25 heavy (non-hydrogen) atoms. The maximum absolute atomic E-state index is 13.5. The van der Waals surface area contributed by atoms with E-state index in [2.05, 4.69) is 0 Å². The Bertz CT molecular complexity index is 532. The molecule has 0 radical (unpaired) electrons. The normalized spacial score (nSPS) is 14.7. The van der Waals surface area contributed by atoms with Crippen molar-refractivity contribution in [3.8, 4) is 0 Å². The van der Waals surface area contributed by atoms with Crippen LogP contribution in [-0.2, 0) is 14.1 Å². The fourth-order valence-corrected chi connectivity index (χ4v) is 5.90. The van der Waals surface area contributed by atoms with E-state index >= 15 is 0 Å². The number of aliphatic hydroxyl groups is 2. The molecule has 0 aliphatic rings. The molecule has 6 heteroatoms. The predicted molar refractivity (Wildman–Crippen MR) is 100 cm³/mol. The monoisotopic (exact) mass is 370 g/mol. The van der Waals surface area contributed by atoms with Crippen LogP contribution in [0.2, 0.25) is 0 Å². The van der Waals surface area contributed by atoms with E-state index in [0.717, 1.165) is 5.56 Å². The van der Waals surface area contributed by atoms with Gasteiger partial charge in [-0.25, -0.2) is 0 Å². The van der Waals surface area contributed by atoms with E-state index in [0.29, 0.717) is 38.0 Å². The molecule has 0 saturated heterocycles. The number of hydrogen-bond donors (Lipinski definition) is 2. The minimum Gasteiger partial charge on any atom is -0.466 e. The zero-order valence-corrected chi connectivity index (χ0v) is 16.0. The molecule has 0 heterocycles. The van der Waals surface area contributed by atoms with Gasteiger partial charge in [-0.1, -0.05) is 37.3 Å². The highest BCUT2D eigenvalue weighted by atomic mass is 31.2. The summed E-state index contributed by atoms with van der Waals surface area (Å²) in [6.07, 6.45) is 3.70. The first-order chi connectivity index (χ1) is 12.1. The summed E-state index contributed by atoms with van der Waals surface area (Å²) in [6, 6.07) is 9.51. The van der Waals surface area contributed by atoms with Crippen LogP contribution in [0.5, 0.6) is 0 Å². The average Bonchev–Trinajstić information content (AvgIpc) is 2.64. The summed E-state index contributed by atoms with van der Waals surface area (Å²) in [5.74, 6) is -0.345. The molecule has 0 amide bonds. The quantitative estimate of drug-likeness (QED) is 0.315. The van der Waals surface area contributed by atoms with E-state index in [9.17, 15) is 9.36 Å². The molecule has 0 aromatic heterocycles. The van der Waals surface area contributed by atoms with Crippen molar-refractivity contribution in [1.82, 2.24) is 0 Å². The molecule has 0 spiro atoms. The highest BCUT2D eigenvalue weighted by Gasteiger charge is 2.34. The number of esters is 1. The predicted octanol–water partition coefficient (Wildman–Crippen LogP) is 3.59. The third kappa shape index (κ3) is 7.72. The first kappa shape index (κ1) is 21.9. The lowest BCUT2D eigenvalue weighted by Gasteiger charge is -2.27. The molecule has 5 nitrogen and oxygen atoms in total. The number of ether oxygens (including phenoxy) is 1. The third-order valence-corrected chi connectivity index (χ3v) is 8.17. The lowest BCUT2D eigenvalue weighted by molar-refractivity contribution is -0.143. The van der Waals surface area contributed by atoms with Crippen molar-refractivity contribution < 1.29 is 24.3 Å². The summed E-state index contributed by atoms with van der Waals surface area (Å²) < 4.78 is 18.8. The van der Waals surface area contributed by atoms with Gasteiger partial charge in [-0.05, 0) is 37.4 Å². The molecule has 142 valence electrons. The molecule has 0 saturated carbocycles. The SMILES string of the molecule is CCP(=O)(CCCCO)C(CC(=O)OCCCCO)c1ccccc1. The van der Waals surface area contributed by atoms with Gasteiger partial charge < -0.3 is 19.5 Å². The highest BCUT2D eigenvalue weighted by Crippen LogP contribution is 2.60. The van der Waals surface area contributed by atoms with Crippen molar-refractivity contribution in [3.63, 3.8) is 0 Å². The molecule has 0 bridgehead atoms. The fourth-order valence-electron chi connectivity index (χ4n) is 2.87. The summed E-state index contributed by atoms with van der Waals surface area (Å²) in [5.41, 5.74) is 0.562. The molecule has 1 aromatic rings. The number of benzene rings is 1. The van der Waals surface area contributed by atoms with Crippen LogP contribution in [0.3, 0.4) is 0 Å². The van der Waals surface area contributed by atoms with Gasteiger partial charge in [0.25, 0.3) is 0 Å². The van der Waals surface area contributed by atoms with Crippen LogP contribution >= 0.6 is 7.14 Å². The second-order valence-electron chi connectivity index (χ2n) is 6.20. The Morgan fingerprint density at radius 1 is 1.08 bits per heavy atom. The van der Waals surface area contributed by atoms with Crippen molar-refractivity contribution in [3.05, 3.63) is 35.9 Å². The molecule has 1 aromatic carbocycles. The molecule has 2 N–H and O–H groups in total. The Labute approximate surface area is 150 Å². The van der Waals surface area contributed by atoms with Gasteiger partial charge in [0.1, 0.15) is 0 Å².